The van der Waals surface area contributed by atoms with Crippen LogP contribution < -0.4 is 20.9 Å². The number of carbonyl (C=O) groups is 4. The standard InChI is InChI=1S/C22H24ClFN4O5S/c1-12(2)20(30)27-15(10-25-22(32)17-5-6-18(23)34-17)21(31)26-13-3-4-16(14(24)9-13)28-7-8-33-11-19(28)29/h3-6,9,12,15H,7-8,10-11H2,1-2H3,(H,25,32)(H,26,31)(H,27,30)/t15-/m0/s1. The monoisotopic (exact) mass is 510 g/mol. The zero-order valence-electron chi connectivity index (χ0n) is 18.5. The van der Waals surface area contributed by atoms with Crippen molar-refractivity contribution >= 4 is 57.9 Å². The van der Waals surface area contributed by atoms with Gasteiger partial charge in [0.15, 0.2) is 0 Å². The van der Waals surface area contributed by atoms with Crippen molar-refractivity contribution in [3.8, 4) is 0 Å². The molecular weight excluding hydrogens is 487 g/mol. The van der Waals surface area contributed by atoms with Gasteiger partial charge in [0.25, 0.3) is 11.8 Å². The van der Waals surface area contributed by atoms with E-state index >= 15 is 0 Å². The second-order valence-electron chi connectivity index (χ2n) is 7.78. The molecule has 1 aliphatic heterocycles. The molecule has 9 nitrogen and oxygen atoms in total. The topological polar surface area (TPSA) is 117 Å². The molecule has 0 unspecified atom stereocenters. The Morgan fingerprint density at radius 3 is 2.59 bits per heavy atom. The van der Waals surface area contributed by atoms with Crippen LogP contribution in [0.1, 0.15) is 23.5 Å². The highest BCUT2D eigenvalue weighted by atomic mass is 35.5. The number of amides is 4. The third kappa shape index (κ3) is 6.52. The maximum absolute atomic E-state index is 14.7. The van der Waals surface area contributed by atoms with Crippen molar-refractivity contribution in [3.05, 3.63) is 45.4 Å². The average Bonchev–Trinajstić information content (AvgIpc) is 3.23. The van der Waals surface area contributed by atoms with Gasteiger partial charge >= 0.3 is 0 Å². The smallest absolute Gasteiger partial charge is 0.261 e. The first-order valence-corrected chi connectivity index (χ1v) is 11.7. The quantitative estimate of drug-likeness (QED) is 0.504. The van der Waals surface area contributed by atoms with E-state index in [-0.39, 0.29) is 42.9 Å². The van der Waals surface area contributed by atoms with E-state index in [1.807, 2.05) is 0 Å². The third-order valence-electron chi connectivity index (χ3n) is 4.91. The van der Waals surface area contributed by atoms with Gasteiger partial charge in [-0.3, -0.25) is 19.2 Å². The van der Waals surface area contributed by atoms with E-state index < -0.39 is 29.6 Å². The van der Waals surface area contributed by atoms with Gasteiger partial charge in [0.1, 0.15) is 18.5 Å². The lowest BCUT2D eigenvalue weighted by molar-refractivity contribution is -0.128. The molecule has 0 aliphatic carbocycles. The summed E-state index contributed by atoms with van der Waals surface area (Å²) in [6, 6.07) is 5.94. The van der Waals surface area contributed by atoms with Crippen LogP contribution in [0.25, 0.3) is 0 Å². The lowest BCUT2D eigenvalue weighted by atomic mass is 10.1. The van der Waals surface area contributed by atoms with Gasteiger partial charge in [0, 0.05) is 24.7 Å². The maximum Gasteiger partial charge on any atom is 0.261 e. The molecule has 0 saturated carbocycles. The van der Waals surface area contributed by atoms with Crippen LogP contribution in [0.5, 0.6) is 0 Å². The van der Waals surface area contributed by atoms with E-state index in [9.17, 15) is 23.6 Å². The van der Waals surface area contributed by atoms with Crippen LogP contribution in [-0.2, 0) is 19.1 Å². The van der Waals surface area contributed by atoms with Gasteiger partial charge in [-0.2, -0.15) is 0 Å². The first kappa shape index (κ1) is 25.6. The number of carbonyl (C=O) groups excluding carboxylic acids is 4. The summed E-state index contributed by atoms with van der Waals surface area (Å²) >= 11 is 6.93. The Balaban J connectivity index is 1.70. The summed E-state index contributed by atoms with van der Waals surface area (Å²) in [4.78, 5) is 51.0. The molecular formula is C22H24ClFN4O5S. The van der Waals surface area contributed by atoms with Crippen molar-refractivity contribution in [1.82, 2.24) is 10.6 Å². The summed E-state index contributed by atoms with van der Waals surface area (Å²) < 4.78 is 20.2. The van der Waals surface area contributed by atoms with Crippen LogP contribution >= 0.6 is 22.9 Å². The Morgan fingerprint density at radius 1 is 1.21 bits per heavy atom. The zero-order chi connectivity index (χ0) is 24.8. The molecule has 12 heteroatoms. The van der Waals surface area contributed by atoms with Crippen molar-refractivity contribution in [2.45, 2.75) is 19.9 Å². The zero-order valence-corrected chi connectivity index (χ0v) is 20.1. The predicted molar refractivity (Wildman–Crippen MR) is 127 cm³/mol. The number of ether oxygens (including phenoxy) is 1. The van der Waals surface area contributed by atoms with Gasteiger partial charge in [-0.1, -0.05) is 25.4 Å². The molecule has 1 saturated heterocycles. The number of morpholine rings is 1. The summed E-state index contributed by atoms with van der Waals surface area (Å²) in [5, 5.41) is 7.73. The predicted octanol–water partition coefficient (Wildman–Crippen LogP) is 2.41. The average molecular weight is 511 g/mol. The summed E-state index contributed by atoms with van der Waals surface area (Å²) in [6.07, 6.45) is 0. The number of hydrogen-bond acceptors (Lipinski definition) is 6. The highest BCUT2D eigenvalue weighted by Gasteiger charge is 2.25. The molecule has 0 bridgehead atoms. The maximum atomic E-state index is 14.7. The molecule has 1 fully saturated rings. The van der Waals surface area contributed by atoms with Crippen molar-refractivity contribution in [3.63, 3.8) is 0 Å². The molecule has 3 N–H and O–H groups in total. The highest BCUT2D eigenvalue weighted by molar-refractivity contribution is 7.18. The number of thiophene rings is 1. The van der Waals surface area contributed by atoms with E-state index in [1.54, 1.807) is 26.0 Å². The fourth-order valence-electron chi connectivity index (χ4n) is 3.07. The van der Waals surface area contributed by atoms with Gasteiger partial charge in [0.05, 0.1) is 21.5 Å². The first-order valence-electron chi connectivity index (χ1n) is 10.5. The van der Waals surface area contributed by atoms with Gasteiger partial charge in [-0.25, -0.2) is 4.39 Å². The van der Waals surface area contributed by atoms with Crippen LogP contribution in [0.2, 0.25) is 4.34 Å². The largest absolute Gasteiger partial charge is 0.370 e. The minimum atomic E-state index is -1.11. The fraction of sp³-hybridized carbons (Fsp3) is 0.364. The summed E-state index contributed by atoms with van der Waals surface area (Å²) in [5.41, 5.74) is 0.213. The lowest BCUT2D eigenvalue weighted by Gasteiger charge is -2.27. The van der Waals surface area contributed by atoms with Crippen molar-refractivity contribution in [2.24, 2.45) is 5.92 Å². The number of nitrogens with one attached hydrogen (secondary N) is 3. The summed E-state index contributed by atoms with van der Waals surface area (Å²) in [5.74, 6) is -2.93. The van der Waals surface area contributed by atoms with E-state index in [0.717, 1.165) is 17.4 Å². The van der Waals surface area contributed by atoms with Crippen LogP contribution in [0, 0.1) is 11.7 Å². The molecule has 1 aliphatic rings. The highest BCUT2D eigenvalue weighted by Crippen LogP contribution is 2.24. The normalized spacial score (nSPS) is 14.6. The van der Waals surface area contributed by atoms with Crippen molar-refractivity contribution in [1.29, 1.82) is 0 Å². The number of halogens is 2. The van der Waals surface area contributed by atoms with E-state index in [2.05, 4.69) is 16.0 Å². The molecule has 4 amide bonds. The molecule has 1 atom stereocenters. The molecule has 182 valence electrons. The number of nitrogens with zero attached hydrogens (tertiary/aromatic N) is 1. The van der Waals surface area contributed by atoms with Gasteiger partial charge < -0.3 is 25.6 Å². The molecule has 1 aromatic heterocycles. The molecule has 0 radical (unpaired) electrons. The Bertz CT molecular complexity index is 1090. The second kappa shape index (κ2) is 11.4. The molecule has 34 heavy (non-hydrogen) atoms. The third-order valence-corrected chi connectivity index (χ3v) is 6.14. The molecule has 2 heterocycles. The Morgan fingerprint density at radius 2 is 1.97 bits per heavy atom. The van der Waals surface area contributed by atoms with Gasteiger partial charge in [0.2, 0.25) is 11.8 Å². The molecule has 0 spiro atoms. The summed E-state index contributed by atoms with van der Waals surface area (Å²) in [6.45, 7) is 3.53. The minimum Gasteiger partial charge on any atom is -0.370 e. The molecule has 2 aromatic rings. The van der Waals surface area contributed by atoms with E-state index in [0.29, 0.717) is 15.8 Å². The first-order chi connectivity index (χ1) is 16.2. The number of rotatable bonds is 8. The Kier molecular flexibility index (Phi) is 8.59. The minimum absolute atomic E-state index is 0.0813. The number of hydrogen-bond donors (Lipinski definition) is 3. The Labute approximate surface area is 204 Å². The lowest BCUT2D eigenvalue weighted by Crippen LogP contribution is -2.51. The Hall–Kier alpha value is -3.02. The number of anilines is 2. The van der Waals surface area contributed by atoms with Gasteiger partial charge in [-0.15, -0.1) is 11.3 Å². The SMILES string of the molecule is CC(C)C(=O)N[C@@H](CNC(=O)c1ccc(Cl)s1)C(=O)Nc1ccc(N2CCOCC2=O)c(F)c1. The summed E-state index contributed by atoms with van der Waals surface area (Å²) in [7, 11) is 0. The van der Waals surface area contributed by atoms with Crippen molar-refractivity contribution < 1.29 is 28.3 Å². The van der Waals surface area contributed by atoms with Crippen LogP contribution in [0.4, 0.5) is 15.8 Å². The fourth-order valence-corrected chi connectivity index (χ4v) is 4.03. The number of benzene rings is 1. The molecule has 3 rings (SSSR count). The van der Waals surface area contributed by atoms with Crippen molar-refractivity contribution in [2.75, 3.05) is 36.5 Å². The second-order valence-corrected chi connectivity index (χ2v) is 9.50. The molecule has 1 aromatic carbocycles. The van der Waals surface area contributed by atoms with Gasteiger partial charge in [-0.05, 0) is 30.3 Å². The van der Waals surface area contributed by atoms with E-state index in [1.165, 1.54) is 17.0 Å². The van der Waals surface area contributed by atoms with Crippen LogP contribution in [0.15, 0.2) is 30.3 Å². The van der Waals surface area contributed by atoms with E-state index in [4.69, 9.17) is 16.3 Å². The van der Waals surface area contributed by atoms with Crippen LogP contribution in [0.3, 0.4) is 0 Å². The van der Waals surface area contributed by atoms with Crippen LogP contribution in [-0.4, -0.2) is 56.0 Å².